The van der Waals surface area contributed by atoms with Crippen molar-refractivity contribution in [3.8, 4) is 23.0 Å². The number of aryl methyl sites for hydroxylation is 3. The predicted octanol–water partition coefficient (Wildman–Crippen LogP) is 6.18. The van der Waals surface area contributed by atoms with Gasteiger partial charge in [0.05, 0.1) is 18.2 Å². The Kier molecular flexibility index (Phi) is 7.61. The number of rotatable bonds is 9. The van der Waals surface area contributed by atoms with Gasteiger partial charge in [0.15, 0.2) is 0 Å². The fourth-order valence-corrected chi connectivity index (χ4v) is 4.96. The Bertz CT molecular complexity index is 1290. The molecular formula is C29H29N3OS. The zero-order valence-electron chi connectivity index (χ0n) is 19.7. The monoisotopic (exact) mass is 467 g/mol. The number of nitriles is 1. The Morgan fingerprint density at radius 2 is 1.85 bits per heavy atom. The molecule has 2 heterocycles. The number of carbonyl (C=O) groups excluding carboxylic acids is 1. The number of aromatic nitrogens is 1. The average Bonchev–Trinajstić information content (AvgIpc) is 3.49. The molecular weight excluding hydrogens is 438 g/mol. The first kappa shape index (κ1) is 23.5. The molecule has 0 bridgehead atoms. The highest BCUT2D eigenvalue weighted by atomic mass is 32.1. The van der Waals surface area contributed by atoms with Gasteiger partial charge in [0.25, 0.3) is 0 Å². The molecule has 4 nitrogen and oxygen atoms in total. The van der Waals surface area contributed by atoms with Crippen LogP contribution in [0.1, 0.15) is 33.7 Å². The van der Waals surface area contributed by atoms with Crippen LogP contribution in [0.2, 0.25) is 0 Å². The molecule has 0 radical (unpaired) electrons. The Labute approximate surface area is 205 Å². The second-order valence-electron chi connectivity index (χ2n) is 8.54. The lowest BCUT2D eigenvalue weighted by molar-refractivity contribution is -0.121. The van der Waals surface area contributed by atoms with Crippen molar-refractivity contribution in [3.05, 3.63) is 99.4 Å². The number of carbonyl (C=O) groups is 1. The van der Waals surface area contributed by atoms with Crippen LogP contribution in [-0.4, -0.2) is 17.0 Å². The number of benzene rings is 2. The molecule has 0 saturated heterocycles. The molecule has 4 aromatic rings. The van der Waals surface area contributed by atoms with Gasteiger partial charge in [0, 0.05) is 34.8 Å². The zero-order chi connectivity index (χ0) is 23.9. The van der Waals surface area contributed by atoms with Crippen molar-refractivity contribution >= 4 is 17.2 Å². The van der Waals surface area contributed by atoms with Gasteiger partial charge in [-0.05, 0) is 73.5 Å². The average molecular weight is 468 g/mol. The number of nitrogens with one attached hydrogen (secondary N) is 1. The summed E-state index contributed by atoms with van der Waals surface area (Å²) in [5.74, 6) is 0.0711. The van der Waals surface area contributed by atoms with Crippen molar-refractivity contribution in [2.24, 2.45) is 0 Å². The van der Waals surface area contributed by atoms with E-state index in [4.69, 9.17) is 5.26 Å². The summed E-state index contributed by atoms with van der Waals surface area (Å²) in [5.41, 5.74) is 7.87. The minimum absolute atomic E-state index is 0.0711. The zero-order valence-corrected chi connectivity index (χ0v) is 20.5. The summed E-state index contributed by atoms with van der Waals surface area (Å²) in [5, 5.41) is 14.1. The highest BCUT2D eigenvalue weighted by Crippen LogP contribution is 2.30. The summed E-state index contributed by atoms with van der Waals surface area (Å²) in [7, 11) is 0. The van der Waals surface area contributed by atoms with E-state index in [9.17, 15) is 4.79 Å². The molecule has 0 aliphatic carbocycles. The molecule has 1 amide bonds. The van der Waals surface area contributed by atoms with Gasteiger partial charge in [-0.2, -0.15) is 5.26 Å². The first-order valence-corrected chi connectivity index (χ1v) is 12.5. The lowest BCUT2D eigenvalue weighted by Crippen LogP contribution is -2.25. The summed E-state index contributed by atoms with van der Waals surface area (Å²) in [6.07, 6.45) is 2.35. The van der Waals surface area contributed by atoms with Crippen LogP contribution in [0.3, 0.4) is 0 Å². The fourth-order valence-electron chi connectivity index (χ4n) is 4.25. The summed E-state index contributed by atoms with van der Waals surface area (Å²) in [6, 6.07) is 25.2. The van der Waals surface area contributed by atoms with Crippen molar-refractivity contribution in [2.45, 2.75) is 39.5 Å². The van der Waals surface area contributed by atoms with E-state index in [-0.39, 0.29) is 5.91 Å². The Morgan fingerprint density at radius 1 is 1.03 bits per heavy atom. The third kappa shape index (κ3) is 5.65. The highest BCUT2D eigenvalue weighted by Gasteiger charge is 2.15. The third-order valence-corrected chi connectivity index (χ3v) is 6.92. The SMILES string of the molecule is Cc1ccc(-c2ccc(CCC(=O)NCCc3cccs3)n2-c2ccc(CC#N)cc2)c(C)c1. The molecule has 0 saturated carbocycles. The first-order valence-electron chi connectivity index (χ1n) is 11.6. The molecule has 0 aliphatic rings. The van der Waals surface area contributed by atoms with E-state index < -0.39 is 0 Å². The van der Waals surface area contributed by atoms with Gasteiger partial charge < -0.3 is 9.88 Å². The van der Waals surface area contributed by atoms with Gasteiger partial charge in [-0.3, -0.25) is 4.79 Å². The van der Waals surface area contributed by atoms with Crippen molar-refractivity contribution < 1.29 is 4.79 Å². The number of amides is 1. The molecule has 0 aliphatic heterocycles. The first-order chi connectivity index (χ1) is 16.5. The molecule has 34 heavy (non-hydrogen) atoms. The van der Waals surface area contributed by atoms with E-state index in [0.717, 1.165) is 29.1 Å². The lowest BCUT2D eigenvalue weighted by Gasteiger charge is -2.16. The molecule has 0 atom stereocenters. The molecule has 2 aromatic carbocycles. The maximum atomic E-state index is 12.5. The standard InChI is InChI=1S/C29H29N3OS/c1-21-5-12-27(22(2)20-21)28-13-10-25(32(28)24-8-6-23(7-9-24)15-17-30)11-14-29(33)31-18-16-26-4-3-19-34-26/h3-10,12-13,19-20H,11,14-16,18H2,1-2H3,(H,31,33). The smallest absolute Gasteiger partial charge is 0.220 e. The highest BCUT2D eigenvalue weighted by molar-refractivity contribution is 7.09. The van der Waals surface area contributed by atoms with Crippen molar-refractivity contribution in [3.63, 3.8) is 0 Å². The Balaban J connectivity index is 1.56. The molecule has 2 aromatic heterocycles. The maximum Gasteiger partial charge on any atom is 0.220 e. The van der Waals surface area contributed by atoms with Crippen LogP contribution in [0.25, 0.3) is 16.9 Å². The van der Waals surface area contributed by atoms with Crippen LogP contribution in [0.5, 0.6) is 0 Å². The van der Waals surface area contributed by atoms with E-state index in [1.807, 2.05) is 18.2 Å². The largest absolute Gasteiger partial charge is 0.356 e. The van der Waals surface area contributed by atoms with Crippen LogP contribution in [-0.2, 0) is 24.1 Å². The number of nitrogens with zero attached hydrogens (tertiary/aromatic N) is 2. The van der Waals surface area contributed by atoms with Gasteiger partial charge in [0.1, 0.15) is 0 Å². The second kappa shape index (κ2) is 11.0. The predicted molar refractivity (Wildman–Crippen MR) is 139 cm³/mol. The van der Waals surface area contributed by atoms with Crippen LogP contribution < -0.4 is 5.32 Å². The van der Waals surface area contributed by atoms with E-state index in [1.165, 1.54) is 21.6 Å². The molecule has 0 unspecified atom stereocenters. The van der Waals surface area contributed by atoms with Crippen LogP contribution >= 0.6 is 11.3 Å². The van der Waals surface area contributed by atoms with Gasteiger partial charge in [-0.15, -0.1) is 11.3 Å². The molecule has 1 N–H and O–H groups in total. The van der Waals surface area contributed by atoms with Crippen LogP contribution in [0, 0.1) is 25.2 Å². The van der Waals surface area contributed by atoms with Crippen molar-refractivity contribution in [1.29, 1.82) is 5.26 Å². The quantitative estimate of drug-likeness (QED) is 0.319. The van der Waals surface area contributed by atoms with Gasteiger partial charge in [-0.1, -0.05) is 42.0 Å². The van der Waals surface area contributed by atoms with E-state index >= 15 is 0 Å². The molecule has 172 valence electrons. The second-order valence-corrected chi connectivity index (χ2v) is 9.58. The molecule has 5 heteroatoms. The van der Waals surface area contributed by atoms with Crippen LogP contribution in [0.15, 0.2) is 72.1 Å². The number of hydrogen-bond donors (Lipinski definition) is 1. The Morgan fingerprint density at radius 3 is 2.56 bits per heavy atom. The summed E-state index contributed by atoms with van der Waals surface area (Å²) < 4.78 is 2.24. The van der Waals surface area contributed by atoms with Gasteiger partial charge in [-0.25, -0.2) is 0 Å². The lowest BCUT2D eigenvalue weighted by atomic mass is 10.0. The fraction of sp³-hybridized carbons (Fsp3) is 0.241. The Hall–Kier alpha value is -3.62. The number of hydrogen-bond acceptors (Lipinski definition) is 3. The topological polar surface area (TPSA) is 57.8 Å². The normalized spacial score (nSPS) is 10.7. The van der Waals surface area contributed by atoms with Crippen molar-refractivity contribution in [2.75, 3.05) is 6.54 Å². The van der Waals surface area contributed by atoms with Crippen LogP contribution in [0.4, 0.5) is 0 Å². The van der Waals surface area contributed by atoms with E-state index in [1.54, 1.807) is 11.3 Å². The molecule has 0 spiro atoms. The van der Waals surface area contributed by atoms with Crippen molar-refractivity contribution in [1.82, 2.24) is 9.88 Å². The summed E-state index contributed by atoms with van der Waals surface area (Å²) in [6.45, 7) is 4.90. The molecule has 4 rings (SSSR count). The summed E-state index contributed by atoms with van der Waals surface area (Å²) >= 11 is 1.72. The minimum Gasteiger partial charge on any atom is -0.356 e. The maximum absolute atomic E-state index is 12.5. The van der Waals surface area contributed by atoms with E-state index in [2.05, 4.69) is 83.7 Å². The third-order valence-electron chi connectivity index (χ3n) is 5.98. The minimum atomic E-state index is 0.0711. The number of thiophene rings is 1. The van der Waals surface area contributed by atoms with E-state index in [0.29, 0.717) is 25.8 Å². The summed E-state index contributed by atoms with van der Waals surface area (Å²) in [4.78, 5) is 13.8. The molecule has 0 fully saturated rings. The van der Waals surface area contributed by atoms with Gasteiger partial charge >= 0.3 is 0 Å². The van der Waals surface area contributed by atoms with Gasteiger partial charge in [0.2, 0.25) is 5.91 Å².